The second-order valence-corrected chi connectivity index (χ2v) is 12.5. The molecule has 9 nitrogen and oxygen atoms in total. The van der Waals surface area contributed by atoms with Crippen LogP contribution in [0.15, 0.2) is 77.8 Å². The molecule has 0 saturated heterocycles. The fraction of sp³-hybridized carbons (Fsp3) is 0.258. The smallest absolute Gasteiger partial charge is 0.249 e. The van der Waals surface area contributed by atoms with Gasteiger partial charge in [0.15, 0.2) is 9.84 Å². The van der Waals surface area contributed by atoms with Gasteiger partial charge in [0.1, 0.15) is 11.9 Å². The van der Waals surface area contributed by atoms with E-state index in [0.717, 1.165) is 27.6 Å². The van der Waals surface area contributed by atoms with E-state index in [1.54, 1.807) is 32.3 Å². The number of hydrogen-bond donors (Lipinski definition) is 3. The van der Waals surface area contributed by atoms with Crippen LogP contribution in [0.4, 0.5) is 17.2 Å². The van der Waals surface area contributed by atoms with E-state index in [9.17, 15) is 18.0 Å². The molecule has 2 amide bonds. The van der Waals surface area contributed by atoms with Gasteiger partial charge < -0.3 is 21.3 Å². The van der Waals surface area contributed by atoms with Crippen molar-refractivity contribution in [3.63, 3.8) is 0 Å². The monoisotopic (exact) mass is 571 g/mol. The van der Waals surface area contributed by atoms with Gasteiger partial charge in [0.05, 0.1) is 10.6 Å². The Hall–Kier alpha value is -4.44. The minimum atomic E-state index is -3.57. The van der Waals surface area contributed by atoms with Gasteiger partial charge in [0.2, 0.25) is 11.8 Å². The van der Waals surface area contributed by atoms with E-state index in [2.05, 4.69) is 15.6 Å². The Bertz CT molecular complexity index is 1720. The molecule has 10 heteroatoms. The SMILES string of the molecule is CCS(=O)(=O)c1ccc2cc1CN(C)C(=O)C(Nc1ccc3c(N)nccc3c1)c1ccc(cc1)CCCC(=O)N2. The van der Waals surface area contributed by atoms with Crippen LogP contribution in [0.25, 0.3) is 10.8 Å². The second kappa shape index (κ2) is 11.6. The van der Waals surface area contributed by atoms with E-state index in [0.29, 0.717) is 36.3 Å². The maximum atomic E-state index is 14.0. The summed E-state index contributed by atoms with van der Waals surface area (Å²) in [5.41, 5.74) is 9.52. The molecule has 0 spiro atoms. The number of nitrogen functional groups attached to an aromatic ring is 1. The molecule has 6 rings (SSSR count). The number of sulfone groups is 1. The number of fused-ring (bicyclic) bond motifs is 10. The van der Waals surface area contributed by atoms with Crippen LogP contribution in [0.2, 0.25) is 0 Å². The number of nitrogens with zero attached hydrogens (tertiary/aromatic N) is 2. The average molecular weight is 572 g/mol. The molecule has 41 heavy (non-hydrogen) atoms. The number of aryl methyl sites for hydroxylation is 1. The summed E-state index contributed by atoms with van der Waals surface area (Å²) in [5.74, 6) is -0.0377. The molecule has 2 aliphatic heterocycles. The first-order chi connectivity index (χ1) is 19.6. The van der Waals surface area contributed by atoms with E-state index in [1.165, 1.54) is 11.0 Å². The largest absolute Gasteiger partial charge is 0.383 e. The van der Waals surface area contributed by atoms with Crippen molar-refractivity contribution in [2.75, 3.05) is 29.2 Å². The van der Waals surface area contributed by atoms with Gasteiger partial charge in [-0.1, -0.05) is 31.2 Å². The Balaban J connectivity index is 1.55. The van der Waals surface area contributed by atoms with Crippen LogP contribution in [0.5, 0.6) is 0 Å². The van der Waals surface area contributed by atoms with E-state index < -0.39 is 15.9 Å². The third-order valence-electron chi connectivity index (χ3n) is 7.38. The van der Waals surface area contributed by atoms with Gasteiger partial charge in [-0.05, 0) is 77.4 Å². The van der Waals surface area contributed by atoms with Gasteiger partial charge in [0.25, 0.3) is 0 Å². The summed E-state index contributed by atoms with van der Waals surface area (Å²) in [6.45, 7) is 1.62. The lowest BCUT2D eigenvalue weighted by Gasteiger charge is -2.27. The van der Waals surface area contributed by atoms with Crippen molar-refractivity contribution < 1.29 is 18.0 Å². The van der Waals surface area contributed by atoms with Crippen molar-refractivity contribution in [1.29, 1.82) is 0 Å². The Morgan fingerprint density at radius 3 is 2.56 bits per heavy atom. The lowest BCUT2D eigenvalue weighted by molar-refractivity contribution is -0.131. The molecule has 4 N–H and O–H groups in total. The maximum absolute atomic E-state index is 14.0. The molecule has 0 aliphatic carbocycles. The number of benzene rings is 3. The van der Waals surface area contributed by atoms with Crippen LogP contribution >= 0.6 is 0 Å². The molecule has 4 bridgehead atoms. The zero-order valence-electron chi connectivity index (χ0n) is 23.1. The van der Waals surface area contributed by atoms with E-state index in [4.69, 9.17) is 5.73 Å². The quantitative estimate of drug-likeness (QED) is 0.323. The minimum Gasteiger partial charge on any atom is -0.383 e. The maximum Gasteiger partial charge on any atom is 0.249 e. The Kier molecular flexibility index (Phi) is 7.94. The second-order valence-electron chi connectivity index (χ2n) is 10.3. The van der Waals surface area contributed by atoms with Crippen LogP contribution < -0.4 is 16.4 Å². The lowest BCUT2D eigenvalue weighted by Crippen LogP contribution is -2.35. The molecule has 3 aromatic carbocycles. The van der Waals surface area contributed by atoms with Gasteiger partial charge >= 0.3 is 0 Å². The van der Waals surface area contributed by atoms with Crippen molar-refractivity contribution in [3.05, 3.63) is 89.6 Å². The first-order valence-electron chi connectivity index (χ1n) is 13.5. The van der Waals surface area contributed by atoms with Crippen molar-refractivity contribution in [2.45, 2.75) is 43.7 Å². The molecule has 0 radical (unpaired) electrons. The van der Waals surface area contributed by atoms with Crippen LogP contribution in [-0.4, -0.2) is 42.9 Å². The Morgan fingerprint density at radius 1 is 1.02 bits per heavy atom. The van der Waals surface area contributed by atoms with E-state index >= 15 is 0 Å². The van der Waals surface area contributed by atoms with Crippen LogP contribution in [0.1, 0.15) is 42.5 Å². The van der Waals surface area contributed by atoms with Crippen LogP contribution in [-0.2, 0) is 32.4 Å². The minimum absolute atomic E-state index is 0.0350. The molecule has 1 atom stereocenters. The number of nitrogens with one attached hydrogen (secondary N) is 2. The van der Waals surface area contributed by atoms with Crippen LogP contribution in [0.3, 0.4) is 0 Å². The molecule has 1 unspecified atom stereocenters. The molecular formula is C31H33N5O4S. The Morgan fingerprint density at radius 2 is 1.80 bits per heavy atom. The fourth-order valence-electron chi connectivity index (χ4n) is 5.09. The molecule has 1 aromatic heterocycles. The molecule has 2 aliphatic rings. The summed E-state index contributed by atoms with van der Waals surface area (Å²) in [6, 6.07) is 19.3. The average Bonchev–Trinajstić information content (AvgIpc) is 2.95. The first-order valence-corrected chi connectivity index (χ1v) is 15.2. The molecule has 0 saturated carbocycles. The summed E-state index contributed by atoms with van der Waals surface area (Å²) in [4.78, 5) is 32.4. The normalized spacial score (nSPS) is 16.5. The lowest BCUT2D eigenvalue weighted by atomic mass is 10.00. The summed E-state index contributed by atoms with van der Waals surface area (Å²) in [7, 11) is -1.93. The topological polar surface area (TPSA) is 134 Å². The third-order valence-corrected chi connectivity index (χ3v) is 9.21. The zero-order chi connectivity index (χ0) is 29.1. The fourth-order valence-corrected chi connectivity index (χ4v) is 6.20. The van der Waals surface area contributed by atoms with Crippen molar-refractivity contribution in [2.24, 2.45) is 0 Å². The molecular weight excluding hydrogens is 538 g/mol. The number of pyridine rings is 1. The highest BCUT2D eigenvalue weighted by Crippen LogP contribution is 2.29. The predicted molar refractivity (Wildman–Crippen MR) is 161 cm³/mol. The van der Waals surface area contributed by atoms with Gasteiger partial charge in [-0.25, -0.2) is 13.4 Å². The number of carbonyl (C=O) groups is 2. The third kappa shape index (κ3) is 6.17. The van der Waals surface area contributed by atoms with Gasteiger partial charge in [-0.2, -0.15) is 0 Å². The van der Waals surface area contributed by atoms with Gasteiger partial charge in [0, 0.05) is 43.0 Å². The van der Waals surface area contributed by atoms with Gasteiger partial charge in [-0.15, -0.1) is 0 Å². The summed E-state index contributed by atoms with van der Waals surface area (Å²) in [6.07, 6.45) is 3.33. The number of anilines is 3. The summed E-state index contributed by atoms with van der Waals surface area (Å²) < 4.78 is 25.9. The predicted octanol–water partition coefficient (Wildman–Crippen LogP) is 4.70. The molecule has 3 heterocycles. The molecule has 4 aromatic rings. The highest BCUT2D eigenvalue weighted by atomic mass is 32.2. The van der Waals surface area contributed by atoms with E-state index in [1.807, 2.05) is 48.5 Å². The molecule has 0 fully saturated rings. The van der Waals surface area contributed by atoms with Gasteiger partial charge in [-0.3, -0.25) is 9.59 Å². The number of aromatic nitrogens is 1. The number of hydrogen-bond acceptors (Lipinski definition) is 7. The molecule has 212 valence electrons. The van der Waals surface area contributed by atoms with Crippen molar-refractivity contribution in [3.8, 4) is 0 Å². The number of carbonyl (C=O) groups excluding carboxylic acids is 2. The summed E-state index contributed by atoms with van der Waals surface area (Å²) >= 11 is 0. The van der Waals surface area contributed by atoms with E-state index in [-0.39, 0.29) is 29.0 Å². The number of nitrogens with two attached hydrogens (primary N) is 1. The first kappa shape index (κ1) is 28.1. The highest BCUT2D eigenvalue weighted by Gasteiger charge is 2.27. The summed E-state index contributed by atoms with van der Waals surface area (Å²) in [5, 5.41) is 7.98. The zero-order valence-corrected chi connectivity index (χ0v) is 23.9. The van der Waals surface area contributed by atoms with Crippen molar-refractivity contribution >= 4 is 49.6 Å². The highest BCUT2D eigenvalue weighted by molar-refractivity contribution is 7.91. The van der Waals surface area contributed by atoms with Crippen LogP contribution in [0, 0.1) is 0 Å². The number of amides is 2. The van der Waals surface area contributed by atoms with Crippen molar-refractivity contribution in [1.82, 2.24) is 9.88 Å². The number of rotatable bonds is 4. The Labute approximate surface area is 239 Å². The number of likely N-dealkylation sites (N-methyl/N-ethyl adjacent to an activating group) is 1. The standard InChI is InChI=1S/C31H33N5O4S/c1-3-41(39,40)27-14-12-24-18-23(27)19-36(2)31(38)29(21-9-7-20(8-10-21)5-4-6-28(37)34-24)35-25-11-13-26-22(17-25)15-16-33-30(26)32/h7-18,29,35H,3-6,19H2,1-2H3,(H2,32,33)(H,34,37).